The molecule has 5 nitrogen and oxygen atoms in total. The third-order valence-corrected chi connectivity index (χ3v) is 6.56. The largest absolute Gasteiger partial charge is 0.302 e. The molecule has 30 heavy (non-hydrogen) atoms. The van der Waals surface area contributed by atoms with Crippen LogP contribution < -0.4 is 5.32 Å². The molecular formula is C22H21BrN4OS2. The SMILES string of the molecule is CCCCc1ccc(C#N)c(SCCC(=O)Nc2nc(-c3ccc(Br)cc3)cs2)n1. The first-order chi connectivity index (χ1) is 14.6. The Morgan fingerprint density at radius 2 is 2.03 bits per heavy atom. The minimum atomic E-state index is -0.0974. The lowest BCUT2D eigenvalue weighted by Crippen LogP contribution is -2.12. The average molecular weight is 501 g/mol. The molecule has 1 N–H and O–H groups in total. The van der Waals surface area contributed by atoms with Gasteiger partial charge >= 0.3 is 0 Å². The molecule has 1 amide bonds. The zero-order valence-electron chi connectivity index (χ0n) is 16.5. The van der Waals surface area contributed by atoms with Gasteiger partial charge in [0.15, 0.2) is 5.13 Å². The number of thioether (sulfide) groups is 1. The second-order valence-corrected chi connectivity index (χ2v) is 9.42. The lowest BCUT2D eigenvalue weighted by Gasteiger charge is -2.06. The van der Waals surface area contributed by atoms with Crippen molar-refractivity contribution < 1.29 is 4.79 Å². The van der Waals surface area contributed by atoms with Crippen LogP contribution in [0.3, 0.4) is 0 Å². The molecule has 0 aliphatic rings. The Hall–Kier alpha value is -2.21. The molecule has 0 spiro atoms. The van der Waals surface area contributed by atoms with Gasteiger partial charge in [-0.2, -0.15) is 5.26 Å². The average Bonchev–Trinajstić information content (AvgIpc) is 3.21. The number of unbranched alkanes of at least 4 members (excludes halogenated alkanes) is 1. The summed E-state index contributed by atoms with van der Waals surface area (Å²) in [4.78, 5) is 21.4. The molecule has 0 bridgehead atoms. The van der Waals surface area contributed by atoms with E-state index in [2.05, 4.69) is 44.2 Å². The van der Waals surface area contributed by atoms with E-state index in [-0.39, 0.29) is 5.91 Å². The summed E-state index contributed by atoms with van der Waals surface area (Å²) in [6.45, 7) is 2.14. The minimum Gasteiger partial charge on any atom is -0.302 e. The van der Waals surface area contributed by atoms with Gasteiger partial charge in [-0.1, -0.05) is 41.4 Å². The number of benzene rings is 1. The molecule has 2 aromatic heterocycles. The Morgan fingerprint density at radius 3 is 2.77 bits per heavy atom. The standard InChI is InChI=1S/C22H21BrN4OS2/c1-2-3-4-18-10-7-16(13-24)21(25-18)29-12-11-20(28)27-22-26-19(14-30-22)15-5-8-17(23)9-6-15/h5-10,14H,2-4,11-12H2,1H3,(H,26,27,28). The number of aryl methyl sites for hydroxylation is 1. The van der Waals surface area contributed by atoms with E-state index in [1.165, 1.54) is 23.1 Å². The molecule has 3 aromatic rings. The summed E-state index contributed by atoms with van der Waals surface area (Å²) < 4.78 is 1.01. The first kappa shape index (κ1) is 22.5. The number of amides is 1. The number of nitrogens with one attached hydrogen (secondary N) is 1. The Balaban J connectivity index is 1.53. The maximum absolute atomic E-state index is 12.3. The molecular weight excluding hydrogens is 480 g/mol. The number of anilines is 1. The van der Waals surface area contributed by atoms with Crippen molar-refractivity contribution in [1.82, 2.24) is 9.97 Å². The van der Waals surface area contributed by atoms with Crippen molar-refractivity contribution in [3.05, 3.63) is 57.5 Å². The second-order valence-electron chi connectivity index (χ2n) is 6.56. The van der Waals surface area contributed by atoms with Crippen molar-refractivity contribution in [3.8, 4) is 17.3 Å². The number of carbonyl (C=O) groups excluding carboxylic acids is 1. The molecule has 0 saturated carbocycles. The van der Waals surface area contributed by atoms with Crippen molar-refractivity contribution >= 4 is 50.1 Å². The quantitative estimate of drug-likeness (QED) is 0.348. The van der Waals surface area contributed by atoms with Crippen molar-refractivity contribution in [2.24, 2.45) is 0 Å². The number of carbonyl (C=O) groups is 1. The highest BCUT2D eigenvalue weighted by atomic mass is 79.9. The Labute approximate surface area is 193 Å². The molecule has 8 heteroatoms. The van der Waals surface area contributed by atoms with E-state index in [1.807, 2.05) is 41.8 Å². The first-order valence-corrected chi connectivity index (χ1v) is 12.3. The molecule has 3 rings (SSSR count). The number of pyridine rings is 1. The maximum Gasteiger partial charge on any atom is 0.226 e. The molecule has 0 aliphatic heterocycles. The van der Waals surface area contributed by atoms with Crippen LogP contribution in [0.4, 0.5) is 5.13 Å². The van der Waals surface area contributed by atoms with Gasteiger partial charge in [0.1, 0.15) is 11.1 Å². The molecule has 1 aromatic carbocycles. The van der Waals surface area contributed by atoms with E-state index in [0.29, 0.717) is 27.9 Å². The number of nitrogens with zero attached hydrogens (tertiary/aromatic N) is 3. The van der Waals surface area contributed by atoms with E-state index in [1.54, 1.807) is 0 Å². The summed E-state index contributed by atoms with van der Waals surface area (Å²) >= 11 is 6.27. The fraction of sp³-hybridized carbons (Fsp3) is 0.273. The fourth-order valence-corrected chi connectivity index (χ4v) is 4.61. The minimum absolute atomic E-state index is 0.0974. The van der Waals surface area contributed by atoms with Crippen LogP contribution in [0.5, 0.6) is 0 Å². The molecule has 0 unspecified atom stereocenters. The predicted molar refractivity (Wildman–Crippen MR) is 127 cm³/mol. The van der Waals surface area contributed by atoms with Crippen LogP contribution in [-0.4, -0.2) is 21.6 Å². The summed E-state index contributed by atoms with van der Waals surface area (Å²) in [5, 5.41) is 15.4. The highest BCUT2D eigenvalue weighted by Crippen LogP contribution is 2.27. The van der Waals surface area contributed by atoms with Gasteiger partial charge in [-0.05, 0) is 37.1 Å². The van der Waals surface area contributed by atoms with Crippen molar-refractivity contribution in [2.45, 2.75) is 37.6 Å². The highest BCUT2D eigenvalue weighted by Gasteiger charge is 2.11. The zero-order valence-corrected chi connectivity index (χ0v) is 19.7. The van der Waals surface area contributed by atoms with Crippen molar-refractivity contribution in [1.29, 1.82) is 5.26 Å². The van der Waals surface area contributed by atoms with Gasteiger partial charge in [-0.15, -0.1) is 23.1 Å². The second kappa shape index (κ2) is 11.3. The van der Waals surface area contributed by atoms with Crippen LogP contribution >= 0.6 is 39.0 Å². The summed E-state index contributed by atoms with van der Waals surface area (Å²) in [6, 6.07) is 13.8. The van der Waals surface area contributed by atoms with E-state index < -0.39 is 0 Å². The Bertz CT molecular complexity index is 1040. The van der Waals surface area contributed by atoms with Gasteiger partial charge in [-0.3, -0.25) is 4.79 Å². The fourth-order valence-electron chi connectivity index (χ4n) is 2.68. The lowest BCUT2D eigenvalue weighted by atomic mass is 10.2. The number of rotatable bonds is 9. The third kappa shape index (κ3) is 6.39. The molecule has 0 fully saturated rings. The van der Waals surface area contributed by atoms with E-state index >= 15 is 0 Å². The highest BCUT2D eigenvalue weighted by molar-refractivity contribution is 9.10. The monoisotopic (exact) mass is 500 g/mol. The molecule has 0 atom stereocenters. The van der Waals surface area contributed by atoms with Crippen LogP contribution in [0.15, 0.2) is 51.3 Å². The van der Waals surface area contributed by atoms with Gasteiger partial charge < -0.3 is 5.32 Å². The van der Waals surface area contributed by atoms with Gasteiger partial charge in [0.25, 0.3) is 0 Å². The molecule has 0 saturated heterocycles. The predicted octanol–water partition coefficient (Wildman–Crippen LogP) is 6.30. The summed E-state index contributed by atoms with van der Waals surface area (Å²) in [6.07, 6.45) is 3.40. The summed E-state index contributed by atoms with van der Waals surface area (Å²) in [5.41, 5.74) is 3.39. The van der Waals surface area contributed by atoms with Crippen LogP contribution in [-0.2, 0) is 11.2 Å². The van der Waals surface area contributed by atoms with Crippen molar-refractivity contribution in [2.75, 3.05) is 11.1 Å². The molecule has 154 valence electrons. The number of hydrogen-bond donors (Lipinski definition) is 1. The van der Waals surface area contributed by atoms with Crippen LogP contribution in [0.2, 0.25) is 0 Å². The third-order valence-electron chi connectivity index (χ3n) is 4.28. The van der Waals surface area contributed by atoms with Gasteiger partial charge in [-0.25, -0.2) is 9.97 Å². The van der Waals surface area contributed by atoms with Gasteiger partial charge in [0.2, 0.25) is 5.91 Å². The maximum atomic E-state index is 12.3. The van der Waals surface area contributed by atoms with E-state index in [4.69, 9.17) is 0 Å². The van der Waals surface area contributed by atoms with E-state index in [9.17, 15) is 10.1 Å². The number of thiazole rings is 1. The topological polar surface area (TPSA) is 78.7 Å². The molecule has 0 aliphatic carbocycles. The van der Waals surface area contributed by atoms with Gasteiger partial charge in [0, 0.05) is 33.3 Å². The number of aromatic nitrogens is 2. The normalized spacial score (nSPS) is 10.6. The smallest absolute Gasteiger partial charge is 0.226 e. The lowest BCUT2D eigenvalue weighted by molar-refractivity contribution is -0.115. The summed E-state index contributed by atoms with van der Waals surface area (Å²) in [5.74, 6) is 0.454. The number of nitriles is 1. The number of halogens is 1. The van der Waals surface area contributed by atoms with Crippen LogP contribution in [0.25, 0.3) is 11.3 Å². The Morgan fingerprint density at radius 1 is 1.23 bits per heavy atom. The van der Waals surface area contributed by atoms with Crippen molar-refractivity contribution in [3.63, 3.8) is 0 Å². The first-order valence-electron chi connectivity index (χ1n) is 9.63. The van der Waals surface area contributed by atoms with Crippen LogP contribution in [0.1, 0.15) is 37.4 Å². The Kier molecular flexibility index (Phi) is 8.43. The van der Waals surface area contributed by atoms with Crippen LogP contribution in [0, 0.1) is 11.3 Å². The van der Waals surface area contributed by atoms with E-state index in [0.717, 1.165) is 40.7 Å². The molecule has 2 heterocycles. The zero-order chi connectivity index (χ0) is 21.3. The van der Waals surface area contributed by atoms with Gasteiger partial charge in [0.05, 0.1) is 11.3 Å². The number of hydrogen-bond acceptors (Lipinski definition) is 6. The summed E-state index contributed by atoms with van der Waals surface area (Å²) in [7, 11) is 0. The molecule has 0 radical (unpaired) electrons.